The van der Waals surface area contributed by atoms with E-state index in [1.54, 1.807) is 0 Å². The number of rotatable bonds is 7. The van der Waals surface area contributed by atoms with E-state index in [4.69, 9.17) is 20.4 Å². The first-order chi connectivity index (χ1) is 7.72. The second-order valence-corrected chi connectivity index (χ2v) is 3.68. The van der Waals surface area contributed by atoms with Gasteiger partial charge in [-0.3, -0.25) is 4.90 Å². The molecule has 4 N–H and O–H groups in total. The minimum absolute atomic E-state index is 0.0379. The third-order valence-electron chi connectivity index (χ3n) is 2.53. The molecule has 0 aromatic carbocycles. The van der Waals surface area contributed by atoms with Crippen molar-refractivity contribution < 1.29 is 14.6 Å². The molecular weight excluding hydrogens is 208 g/mol. The summed E-state index contributed by atoms with van der Waals surface area (Å²) in [5.74, 6) is 1.61. The monoisotopic (exact) mass is 228 g/mol. The average Bonchev–Trinajstić information content (AvgIpc) is 2.67. The molecule has 0 fully saturated rings. The van der Waals surface area contributed by atoms with Crippen molar-refractivity contribution in [3.8, 4) is 0 Å². The van der Waals surface area contributed by atoms with Crippen molar-refractivity contribution in [1.82, 2.24) is 4.90 Å². The van der Waals surface area contributed by atoms with E-state index in [-0.39, 0.29) is 19.3 Å². The summed E-state index contributed by atoms with van der Waals surface area (Å²) in [5, 5.41) is 17.9. The van der Waals surface area contributed by atoms with Gasteiger partial charge in [-0.25, -0.2) is 0 Å². The summed E-state index contributed by atoms with van der Waals surface area (Å²) in [4.78, 5) is 1.91. The van der Waals surface area contributed by atoms with Gasteiger partial charge in [-0.15, -0.1) is 0 Å². The summed E-state index contributed by atoms with van der Waals surface area (Å²) in [7, 11) is 0. The zero-order chi connectivity index (χ0) is 12.0. The van der Waals surface area contributed by atoms with E-state index < -0.39 is 0 Å². The Labute approximate surface area is 95.5 Å². The molecule has 0 saturated carbocycles. The van der Waals surface area contributed by atoms with Crippen molar-refractivity contribution in [2.24, 2.45) is 5.73 Å². The van der Waals surface area contributed by atoms with Gasteiger partial charge in [-0.2, -0.15) is 0 Å². The molecule has 1 heterocycles. The van der Waals surface area contributed by atoms with Gasteiger partial charge >= 0.3 is 0 Å². The van der Waals surface area contributed by atoms with E-state index in [1.165, 1.54) is 0 Å². The van der Waals surface area contributed by atoms with Crippen LogP contribution in [-0.4, -0.2) is 48.0 Å². The number of aryl methyl sites for hydroxylation is 1. The van der Waals surface area contributed by atoms with Crippen LogP contribution in [0.15, 0.2) is 16.5 Å². The second kappa shape index (κ2) is 6.65. The quantitative estimate of drug-likeness (QED) is 0.606. The minimum atomic E-state index is -0.0898. The largest absolute Gasteiger partial charge is 0.465 e. The molecule has 0 amide bonds. The van der Waals surface area contributed by atoms with Crippen LogP contribution in [0.2, 0.25) is 0 Å². The molecule has 0 saturated heterocycles. The molecular formula is C11H20N2O3. The van der Waals surface area contributed by atoms with Gasteiger partial charge in [0.1, 0.15) is 11.5 Å². The lowest BCUT2D eigenvalue weighted by molar-refractivity contribution is 0.113. The summed E-state index contributed by atoms with van der Waals surface area (Å²) < 4.78 is 5.53. The summed E-state index contributed by atoms with van der Waals surface area (Å²) in [5.41, 5.74) is 5.71. The molecule has 1 unspecified atom stereocenters. The lowest BCUT2D eigenvalue weighted by Crippen LogP contribution is -2.37. The lowest BCUT2D eigenvalue weighted by Gasteiger charge is -2.28. The molecule has 0 aliphatic heterocycles. The van der Waals surface area contributed by atoms with Gasteiger partial charge in [0.25, 0.3) is 0 Å². The minimum Gasteiger partial charge on any atom is -0.465 e. The number of hydrogen-bond acceptors (Lipinski definition) is 5. The first-order valence-corrected chi connectivity index (χ1v) is 5.45. The van der Waals surface area contributed by atoms with E-state index in [0.29, 0.717) is 19.6 Å². The Morgan fingerprint density at radius 1 is 1.31 bits per heavy atom. The van der Waals surface area contributed by atoms with Gasteiger partial charge in [0, 0.05) is 19.6 Å². The van der Waals surface area contributed by atoms with E-state index in [1.807, 2.05) is 24.0 Å². The summed E-state index contributed by atoms with van der Waals surface area (Å²) in [6.07, 6.45) is 0. The van der Waals surface area contributed by atoms with Crippen molar-refractivity contribution in [2.45, 2.75) is 13.0 Å². The normalized spacial score (nSPS) is 13.3. The Bertz CT molecular complexity index is 295. The molecule has 0 radical (unpaired) electrons. The highest BCUT2D eigenvalue weighted by molar-refractivity contribution is 5.10. The van der Waals surface area contributed by atoms with E-state index in [0.717, 1.165) is 11.5 Å². The molecule has 1 aromatic rings. The van der Waals surface area contributed by atoms with Gasteiger partial charge in [0.15, 0.2) is 0 Å². The molecule has 0 aliphatic carbocycles. The summed E-state index contributed by atoms with van der Waals surface area (Å²) in [6.45, 7) is 3.29. The number of aliphatic hydroxyl groups is 2. The highest BCUT2D eigenvalue weighted by Gasteiger charge is 2.20. The first-order valence-electron chi connectivity index (χ1n) is 5.45. The highest BCUT2D eigenvalue weighted by Crippen LogP contribution is 2.21. The van der Waals surface area contributed by atoms with Crippen LogP contribution in [0.5, 0.6) is 0 Å². The topological polar surface area (TPSA) is 82.9 Å². The summed E-state index contributed by atoms with van der Waals surface area (Å²) >= 11 is 0. The zero-order valence-electron chi connectivity index (χ0n) is 9.59. The average molecular weight is 228 g/mol. The zero-order valence-corrected chi connectivity index (χ0v) is 9.59. The highest BCUT2D eigenvalue weighted by atomic mass is 16.3. The van der Waals surface area contributed by atoms with E-state index in [2.05, 4.69) is 0 Å². The fraction of sp³-hybridized carbons (Fsp3) is 0.636. The number of furan rings is 1. The van der Waals surface area contributed by atoms with Crippen molar-refractivity contribution in [3.05, 3.63) is 23.7 Å². The number of nitrogens with two attached hydrogens (primary N) is 1. The molecule has 92 valence electrons. The Morgan fingerprint density at radius 2 is 1.94 bits per heavy atom. The molecule has 0 aliphatic rings. The maximum absolute atomic E-state index is 8.97. The Kier molecular flexibility index (Phi) is 5.48. The molecule has 1 aromatic heterocycles. The van der Waals surface area contributed by atoms with Crippen LogP contribution in [0.25, 0.3) is 0 Å². The number of aliphatic hydroxyl groups excluding tert-OH is 2. The van der Waals surface area contributed by atoms with Crippen LogP contribution < -0.4 is 5.73 Å². The van der Waals surface area contributed by atoms with Crippen LogP contribution in [0.3, 0.4) is 0 Å². The summed E-state index contributed by atoms with van der Waals surface area (Å²) in [6, 6.07) is 3.68. The predicted molar refractivity (Wildman–Crippen MR) is 61.0 cm³/mol. The van der Waals surface area contributed by atoms with Gasteiger partial charge < -0.3 is 20.4 Å². The first kappa shape index (κ1) is 13.2. The number of nitrogens with zero attached hydrogens (tertiary/aromatic N) is 1. The van der Waals surface area contributed by atoms with Gasteiger partial charge in [-0.1, -0.05) is 0 Å². The van der Waals surface area contributed by atoms with Crippen LogP contribution in [0, 0.1) is 6.92 Å². The smallest absolute Gasteiger partial charge is 0.122 e. The molecule has 5 nitrogen and oxygen atoms in total. The van der Waals surface area contributed by atoms with Crippen molar-refractivity contribution >= 4 is 0 Å². The third-order valence-corrected chi connectivity index (χ3v) is 2.53. The van der Waals surface area contributed by atoms with Gasteiger partial charge in [0.05, 0.1) is 19.3 Å². The van der Waals surface area contributed by atoms with Crippen molar-refractivity contribution in [2.75, 3.05) is 32.8 Å². The predicted octanol–water partition coefficient (Wildman–Crippen LogP) is -0.126. The lowest BCUT2D eigenvalue weighted by atomic mass is 10.2. The van der Waals surface area contributed by atoms with Crippen LogP contribution in [0.1, 0.15) is 17.6 Å². The van der Waals surface area contributed by atoms with E-state index in [9.17, 15) is 0 Å². The van der Waals surface area contributed by atoms with Crippen molar-refractivity contribution in [1.29, 1.82) is 0 Å². The van der Waals surface area contributed by atoms with Crippen LogP contribution >= 0.6 is 0 Å². The Hall–Kier alpha value is -0.880. The fourth-order valence-corrected chi connectivity index (χ4v) is 1.76. The Balaban J connectivity index is 2.76. The van der Waals surface area contributed by atoms with E-state index >= 15 is 0 Å². The molecule has 0 spiro atoms. The molecule has 1 rings (SSSR count). The van der Waals surface area contributed by atoms with Gasteiger partial charge in [0.2, 0.25) is 0 Å². The third kappa shape index (κ3) is 3.31. The molecule has 16 heavy (non-hydrogen) atoms. The van der Waals surface area contributed by atoms with Crippen LogP contribution in [0.4, 0.5) is 0 Å². The van der Waals surface area contributed by atoms with Crippen molar-refractivity contribution in [3.63, 3.8) is 0 Å². The second-order valence-electron chi connectivity index (χ2n) is 3.68. The number of hydrogen-bond donors (Lipinski definition) is 3. The Morgan fingerprint density at radius 3 is 2.31 bits per heavy atom. The molecule has 0 bridgehead atoms. The molecule has 5 heteroatoms. The standard InChI is InChI=1S/C11H20N2O3/c1-9-2-3-11(16-9)10(8-12)13(4-6-14)5-7-15/h2-3,10,14-15H,4-8,12H2,1H3. The van der Waals surface area contributed by atoms with Gasteiger partial charge in [-0.05, 0) is 19.1 Å². The SMILES string of the molecule is Cc1ccc(C(CN)N(CCO)CCO)o1. The van der Waals surface area contributed by atoms with Crippen LogP contribution in [-0.2, 0) is 0 Å². The molecule has 1 atom stereocenters. The maximum atomic E-state index is 8.97. The fourth-order valence-electron chi connectivity index (χ4n) is 1.76. The maximum Gasteiger partial charge on any atom is 0.122 e.